The summed E-state index contributed by atoms with van der Waals surface area (Å²) in [7, 11) is 0. The van der Waals surface area contributed by atoms with Crippen LogP contribution in [0.5, 0.6) is 0 Å². The molecule has 7 nitrogen and oxygen atoms in total. The number of para-hydroxylation sites is 1. The molecule has 1 spiro atoms. The average molecular weight is 498 g/mol. The molecule has 4 atom stereocenters. The molecule has 1 aromatic heterocycles. The first kappa shape index (κ1) is 21.9. The van der Waals surface area contributed by atoms with Crippen LogP contribution in [0.3, 0.4) is 0 Å². The first-order valence-corrected chi connectivity index (χ1v) is 12.0. The van der Waals surface area contributed by atoms with E-state index in [1.807, 2.05) is 30.5 Å². The van der Waals surface area contributed by atoms with Crippen LogP contribution in [-0.2, 0) is 26.3 Å². The van der Waals surface area contributed by atoms with Crippen molar-refractivity contribution in [2.24, 2.45) is 11.8 Å². The zero-order valence-electron chi connectivity index (χ0n) is 19.3. The SMILES string of the molecule is O=C1C2C(Cc3c[nH]c4ccccc34)NC3(C(=O)Nc4ccc(F)cc43)C2C(=O)N1c1ccc(F)cc1. The normalized spacial score (nSPS) is 26.3. The number of rotatable bonds is 3. The number of amides is 3. The van der Waals surface area contributed by atoms with Crippen molar-refractivity contribution in [1.82, 2.24) is 10.3 Å². The number of hydrogen-bond acceptors (Lipinski definition) is 4. The largest absolute Gasteiger partial charge is 0.361 e. The number of carbonyl (C=O) groups excluding carboxylic acids is 3. The zero-order valence-corrected chi connectivity index (χ0v) is 19.3. The molecule has 3 N–H and O–H groups in total. The molecule has 7 rings (SSSR count). The molecule has 37 heavy (non-hydrogen) atoms. The number of hydrogen-bond donors (Lipinski definition) is 3. The van der Waals surface area contributed by atoms with Gasteiger partial charge in [0.05, 0.1) is 17.5 Å². The van der Waals surface area contributed by atoms with Crippen molar-refractivity contribution in [2.75, 3.05) is 10.2 Å². The highest BCUT2D eigenvalue weighted by Gasteiger charge is 2.70. The number of halogens is 2. The monoisotopic (exact) mass is 498 g/mol. The van der Waals surface area contributed by atoms with Crippen molar-refractivity contribution >= 4 is 40.0 Å². The number of nitrogens with one attached hydrogen (secondary N) is 3. The predicted octanol–water partition coefficient (Wildman–Crippen LogP) is 3.61. The van der Waals surface area contributed by atoms with E-state index in [0.29, 0.717) is 17.7 Å². The van der Waals surface area contributed by atoms with Gasteiger partial charge in [-0.2, -0.15) is 0 Å². The average Bonchev–Trinajstić information content (AvgIpc) is 3.59. The number of carbonyl (C=O) groups is 3. The molecule has 4 unspecified atom stereocenters. The van der Waals surface area contributed by atoms with Crippen molar-refractivity contribution in [3.05, 3.63) is 95.7 Å². The van der Waals surface area contributed by atoms with Crippen LogP contribution in [0.15, 0.2) is 72.9 Å². The Morgan fingerprint density at radius 2 is 1.65 bits per heavy atom. The molecule has 0 saturated carbocycles. The second kappa shape index (κ2) is 7.57. The Morgan fingerprint density at radius 3 is 2.46 bits per heavy atom. The molecule has 3 amide bonds. The quantitative estimate of drug-likeness (QED) is 0.376. The molecule has 3 aromatic carbocycles. The van der Waals surface area contributed by atoms with Crippen LogP contribution in [0.25, 0.3) is 10.9 Å². The van der Waals surface area contributed by atoms with Gasteiger partial charge in [-0.3, -0.25) is 19.7 Å². The van der Waals surface area contributed by atoms with Crippen LogP contribution in [-0.4, -0.2) is 28.7 Å². The van der Waals surface area contributed by atoms with E-state index in [1.54, 1.807) is 0 Å². The summed E-state index contributed by atoms with van der Waals surface area (Å²) >= 11 is 0. The van der Waals surface area contributed by atoms with Gasteiger partial charge in [-0.1, -0.05) is 18.2 Å². The number of aromatic amines is 1. The molecule has 0 aliphatic carbocycles. The van der Waals surface area contributed by atoms with E-state index < -0.39 is 52.8 Å². The van der Waals surface area contributed by atoms with Gasteiger partial charge in [0.1, 0.15) is 17.2 Å². The van der Waals surface area contributed by atoms with Gasteiger partial charge in [-0.25, -0.2) is 13.7 Å². The van der Waals surface area contributed by atoms with E-state index >= 15 is 0 Å². The summed E-state index contributed by atoms with van der Waals surface area (Å²) in [5.41, 5.74) is 1.14. The summed E-state index contributed by atoms with van der Waals surface area (Å²) < 4.78 is 28.0. The Bertz CT molecular complexity index is 1630. The first-order valence-electron chi connectivity index (χ1n) is 12.0. The topological polar surface area (TPSA) is 94.3 Å². The number of anilines is 2. The number of benzene rings is 3. The smallest absolute Gasteiger partial charge is 0.250 e. The summed E-state index contributed by atoms with van der Waals surface area (Å²) in [6.45, 7) is 0. The van der Waals surface area contributed by atoms with Gasteiger partial charge < -0.3 is 10.3 Å². The zero-order chi connectivity index (χ0) is 25.5. The minimum Gasteiger partial charge on any atom is -0.361 e. The second-order valence-electron chi connectivity index (χ2n) is 9.76. The molecule has 9 heteroatoms. The van der Waals surface area contributed by atoms with Crippen molar-refractivity contribution in [2.45, 2.75) is 18.0 Å². The van der Waals surface area contributed by atoms with Gasteiger partial charge in [-0.05, 0) is 60.5 Å². The Labute approximate surface area is 209 Å². The third-order valence-corrected chi connectivity index (χ3v) is 7.88. The lowest BCUT2D eigenvalue weighted by Crippen LogP contribution is -2.53. The van der Waals surface area contributed by atoms with Crippen LogP contribution < -0.4 is 15.5 Å². The van der Waals surface area contributed by atoms with E-state index in [1.165, 1.54) is 42.5 Å². The minimum absolute atomic E-state index is 0.227. The Balaban J connectivity index is 1.38. The lowest BCUT2D eigenvalue weighted by Gasteiger charge is -2.29. The summed E-state index contributed by atoms with van der Waals surface area (Å²) in [5, 5.41) is 7.06. The highest BCUT2D eigenvalue weighted by atomic mass is 19.1. The molecule has 4 aromatic rings. The molecule has 184 valence electrons. The first-order chi connectivity index (χ1) is 17.9. The third kappa shape index (κ3) is 2.91. The maximum Gasteiger partial charge on any atom is 0.250 e. The fraction of sp³-hybridized carbons (Fsp3) is 0.179. The summed E-state index contributed by atoms with van der Waals surface area (Å²) in [5.74, 6) is -4.63. The maximum atomic E-state index is 14.4. The second-order valence-corrected chi connectivity index (χ2v) is 9.76. The van der Waals surface area contributed by atoms with Gasteiger partial charge in [0, 0.05) is 34.4 Å². The summed E-state index contributed by atoms with van der Waals surface area (Å²) in [6, 6.07) is 16.1. The van der Waals surface area contributed by atoms with Gasteiger partial charge in [0.25, 0.3) is 0 Å². The molecule has 0 radical (unpaired) electrons. The summed E-state index contributed by atoms with van der Waals surface area (Å²) in [4.78, 5) is 45.6. The third-order valence-electron chi connectivity index (χ3n) is 7.88. The van der Waals surface area contributed by atoms with E-state index in [9.17, 15) is 23.2 Å². The van der Waals surface area contributed by atoms with Crippen molar-refractivity contribution < 1.29 is 23.2 Å². The van der Waals surface area contributed by atoms with Gasteiger partial charge in [0.15, 0.2) is 0 Å². The van der Waals surface area contributed by atoms with Gasteiger partial charge >= 0.3 is 0 Å². The Morgan fingerprint density at radius 1 is 0.892 bits per heavy atom. The Kier molecular flexibility index (Phi) is 4.47. The lowest BCUT2D eigenvalue weighted by molar-refractivity contribution is -0.130. The van der Waals surface area contributed by atoms with E-state index in [2.05, 4.69) is 15.6 Å². The molecular weight excluding hydrogens is 478 g/mol. The van der Waals surface area contributed by atoms with Crippen molar-refractivity contribution in [3.63, 3.8) is 0 Å². The predicted molar refractivity (Wildman–Crippen MR) is 132 cm³/mol. The molecule has 2 saturated heterocycles. The van der Waals surface area contributed by atoms with Crippen LogP contribution in [0.1, 0.15) is 11.1 Å². The van der Waals surface area contributed by atoms with Gasteiger partial charge in [0.2, 0.25) is 17.7 Å². The highest BCUT2D eigenvalue weighted by molar-refractivity contribution is 6.25. The standard InChI is InChI=1S/C28H20F2N4O3/c29-15-5-8-17(9-6-15)34-25(35)23-22(11-14-13-31-20-4-2-1-3-18(14)20)33-28(24(23)26(34)36)19-12-16(30)7-10-21(19)32-27(28)37/h1-10,12-13,22-24,31,33H,11H2,(H,32,37). The number of nitrogens with zero attached hydrogens (tertiary/aromatic N) is 1. The van der Waals surface area contributed by atoms with Crippen LogP contribution in [0.2, 0.25) is 0 Å². The van der Waals surface area contributed by atoms with Crippen LogP contribution >= 0.6 is 0 Å². The molecule has 4 heterocycles. The van der Waals surface area contributed by atoms with Crippen LogP contribution in [0, 0.1) is 23.5 Å². The highest BCUT2D eigenvalue weighted by Crippen LogP contribution is 2.54. The van der Waals surface area contributed by atoms with E-state index in [-0.39, 0.29) is 5.69 Å². The Hall–Kier alpha value is -4.37. The lowest BCUT2D eigenvalue weighted by atomic mass is 9.76. The number of H-pyrrole nitrogens is 1. The summed E-state index contributed by atoms with van der Waals surface area (Å²) in [6.07, 6.45) is 2.20. The number of aromatic nitrogens is 1. The minimum atomic E-state index is -1.62. The number of imide groups is 1. The maximum absolute atomic E-state index is 14.4. The fourth-order valence-corrected chi connectivity index (χ4v) is 6.33. The molecule has 2 fully saturated rings. The molecule has 3 aliphatic heterocycles. The van der Waals surface area contributed by atoms with Gasteiger partial charge in [-0.15, -0.1) is 0 Å². The molecular formula is C28H20F2N4O3. The van der Waals surface area contributed by atoms with E-state index in [0.717, 1.165) is 21.4 Å². The van der Waals surface area contributed by atoms with Crippen molar-refractivity contribution in [1.29, 1.82) is 0 Å². The molecule has 3 aliphatic rings. The molecule has 0 bridgehead atoms. The van der Waals surface area contributed by atoms with Crippen molar-refractivity contribution in [3.8, 4) is 0 Å². The van der Waals surface area contributed by atoms with E-state index in [4.69, 9.17) is 0 Å². The number of fused-ring (bicyclic) bond motifs is 5. The van der Waals surface area contributed by atoms with Crippen LogP contribution in [0.4, 0.5) is 20.2 Å². The fourth-order valence-electron chi connectivity index (χ4n) is 6.33.